The number of nitrogens with two attached hydrogens (primary N) is 1. The van der Waals surface area contributed by atoms with Gasteiger partial charge in [-0.15, -0.1) is 0 Å². The molecule has 0 aliphatic carbocycles. The average molecular weight is 266 g/mol. The van der Waals surface area contributed by atoms with Gasteiger partial charge in [0.25, 0.3) is 0 Å². The molecular weight excluding hydrogens is 248 g/mol. The van der Waals surface area contributed by atoms with Crippen molar-refractivity contribution in [2.75, 3.05) is 10.6 Å². The van der Waals surface area contributed by atoms with Crippen LogP contribution in [0.3, 0.4) is 0 Å². The van der Waals surface area contributed by atoms with Gasteiger partial charge in [0, 0.05) is 11.4 Å². The number of amides is 1. The smallest absolute Gasteiger partial charge is 0.231 e. The van der Waals surface area contributed by atoms with Crippen LogP contribution in [-0.4, -0.2) is 5.91 Å². The van der Waals surface area contributed by atoms with Crippen LogP contribution in [0.1, 0.15) is 22.3 Å². The molecule has 1 aliphatic heterocycles. The van der Waals surface area contributed by atoms with Crippen molar-refractivity contribution >= 4 is 17.3 Å². The van der Waals surface area contributed by atoms with E-state index in [1.165, 1.54) is 16.7 Å². The van der Waals surface area contributed by atoms with Gasteiger partial charge in [-0.05, 0) is 48.7 Å². The Labute approximate surface area is 119 Å². The summed E-state index contributed by atoms with van der Waals surface area (Å²) in [5.74, 6) is 0.145. The largest absolute Gasteiger partial charge is 0.399 e. The van der Waals surface area contributed by atoms with Gasteiger partial charge in [-0.1, -0.05) is 23.8 Å². The molecule has 102 valence electrons. The fourth-order valence-corrected chi connectivity index (χ4v) is 2.72. The Morgan fingerprint density at radius 1 is 1.15 bits per heavy atom. The third kappa shape index (κ3) is 2.16. The zero-order chi connectivity index (χ0) is 14.3. The molecule has 2 N–H and O–H groups in total. The molecule has 3 heteroatoms. The second-order valence-corrected chi connectivity index (χ2v) is 5.47. The molecule has 0 aromatic heterocycles. The first-order valence-corrected chi connectivity index (χ1v) is 6.79. The number of carbonyl (C=O) groups is 1. The van der Waals surface area contributed by atoms with Gasteiger partial charge in [0.05, 0.1) is 13.0 Å². The molecule has 3 nitrogen and oxygen atoms in total. The number of fused-ring (bicyclic) bond motifs is 1. The number of nitrogens with zero attached hydrogens (tertiary/aromatic N) is 1. The normalized spacial score (nSPS) is 13.7. The van der Waals surface area contributed by atoms with Crippen molar-refractivity contribution in [3.05, 3.63) is 58.7 Å². The molecule has 20 heavy (non-hydrogen) atoms. The Morgan fingerprint density at radius 2 is 1.95 bits per heavy atom. The summed E-state index contributed by atoms with van der Waals surface area (Å²) in [6.07, 6.45) is 0.450. The summed E-state index contributed by atoms with van der Waals surface area (Å²) >= 11 is 0. The number of aryl methyl sites for hydroxylation is 2. The van der Waals surface area contributed by atoms with Crippen LogP contribution >= 0.6 is 0 Å². The standard InChI is InChI=1S/C17H18N2O/c1-11-3-4-12(2)14(7-11)10-19-16-6-5-15(18)8-13(16)9-17(19)20/h3-8H,9-10,18H2,1-2H3. The topological polar surface area (TPSA) is 46.3 Å². The minimum atomic E-state index is 0.145. The van der Waals surface area contributed by atoms with E-state index in [1.54, 1.807) is 0 Å². The van der Waals surface area contributed by atoms with Crippen LogP contribution in [0.2, 0.25) is 0 Å². The molecule has 0 spiro atoms. The zero-order valence-electron chi connectivity index (χ0n) is 11.8. The molecule has 0 saturated carbocycles. The number of benzene rings is 2. The lowest BCUT2D eigenvalue weighted by molar-refractivity contribution is -0.117. The fourth-order valence-electron chi connectivity index (χ4n) is 2.72. The monoisotopic (exact) mass is 266 g/mol. The van der Waals surface area contributed by atoms with E-state index in [0.717, 1.165) is 11.3 Å². The van der Waals surface area contributed by atoms with Crippen molar-refractivity contribution in [3.63, 3.8) is 0 Å². The molecule has 0 unspecified atom stereocenters. The van der Waals surface area contributed by atoms with E-state index in [4.69, 9.17) is 5.73 Å². The molecule has 0 saturated heterocycles. The summed E-state index contributed by atoms with van der Waals surface area (Å²) in [5, 5.41) is 0. The number of hydrogen-bond donors (Lipinski definition) is 1. The van der Waals surface area contributed by atoms with Gasteiger partial charge in [-0.25, -0.2) is 0 Å². The summed E-state index contributed by atoms with van der Waals surface area (Å²) < 4.78 is 0. The van der Waals surface area contributed by atoms with Crippen LogP contribution in [0.25, 0.3) is 0 Å². The van der Waals surface area contributed by atoms with E-state index in [1.807, 2.05) is 23.1 Å². The van der Waals surface area contributed by atoms with Gasteiger partial charge >= 0.3 is 0 Å². The Balaban J connectivity index is 1.96. The lowest BCUT2D eigenvalue weighted by Gasteiger charge is -2.19. The van der Waals surface area contributed by atoms with E-state index < -0.39 is 0 Å². The highest BCUT2D eigenvalue weighted by Crippen LogP contribution is 2.32. The minimum Gasteiger partial charge on any atom is -0.399 e. The van der Waals surface area contributed by atoms with Crippen LogP contribution in [0.5, 0.6) is 0 Å². The second kappa shape index (κ2) is 4.67. The number of nitrogen functional groups attached to an aromatic ring is 1. The lowest BCUT2D eigenvalue weighted by Crippen LogP contribution is -2.26. The van der Waals surface area contributed by atoms with Crippen LogP contribution in [0.4, 0.5) is 11.4 Å². The molecule has 1 amide bonds. The number of hydrogen-bond acceptors (Lipinski definition) is 2. The maximum atomic E-state index is 12.2. The maximum Gasteiger partial charge on any atom is 0.231 e. The summed E-state index contributed by atoms with van der Waals surface area (Å²) in [5.41, 5.74) is 12.2. The number of anilines is 2. The van der Waals surface area contributed by atoms with Gasteiger partial charge in [-0.2, -0.15) is 0 Å². The van der Waals surface area contributed by atoms with Crippen LogP contribution in [0.15, 0.2) is 36.4 Å². The van der Waals surface area contributed by atoms with Crippen LogP contribution in [-0.2, 0) is 17.8 Å². The lowest BCUT2D eigenvalue weighted by atomic mass is 10.1. The molecule has 0 bridgehead atoms. The minimum absolute atomic E-state index is 0.145. The predicted molar refractivity (Wildman–Crippen MR) is 81.7 cm³/mol. The molecule has 1 aliphatic rings. The molecule has 3 rings (SSSR count). The van der Waals surface area contributed by atoms with Crippen molar-refractivity contribution < 1.29 is 4.79 Å². The van der Waals surface area contributed by atoms with Gasteiger partial charge in [0.15, 0.2) is 0 Å². The Kier molecular flexibility index (Phi) is 2.97. The molecule has 2 aromatic carbocycles. The van der Waals surface area contributed by atoms with Gasteiger partial charge in [-0.3, -0.25) is 4.79 Å². The zero-order valence-corrected chi connectivity index (χ0v) is 11.8. The van der Waals surface area contributed by atoms with Crippen molar-refractivity contribution in [1.82, 2.24) is 0 Å². The maximum absolute atomic E-state index is 12.2. The Bertz CT molecular complexity index is 691. The molecule has 1 heterocycles. The third-order valence-electron chi connectivity index (χ3n) is 3.87. The van der Waals surface area contributed by atoms with E-state index in [0.29, 0.717) is 18.7 Å². The van der Waals surface area contributed by atoms with Crippen molar-refractivity contribution in [1.29, 1.82) is 0 Å². The molecule has 0 fully saturated rings. The highest BCUT2D eigenvalue weighted by atomic mass is 16.2. The van der Waals surface area contributed by atoms with Crippen molar-refractivity contribution in [2.24, 2.45) is 0 Å². The van der Waals surface area contributed by atoms with Gasteiger partial charge < -0.3 is 10.6 Å². The highest BCUT2D eigenvalue weighted by Gasteiger charge is 2.27. The Morgan fingerprint density at radius 3 is 2.75 bits per heavy atom. The first-order valence-electron chi connectivity index (χ1n) is 6.79. The SMILES string of the molecule is Cc1ccc(C)c(CN2C(=O)Cc3cc(N)ccc32)c1. The Hall–Kier alpha value is -2.29. The molecule has 2 aromatic rings. The fraction of sp³-hybridized carbons (Fsp3) is 0.235. The van der Waals surface area contributed by atoms with Crippen LogP contribution < -0.4 is 10.6 Å². The van der Waals surface area contributed by atoms with Crippen molar-refractivity contribution in [2.45, 2.75) is 26.8 Å². The summed E-state index contributed by atoms with van der Waals surface area (Å²) in [6.45, 7) is 4.78. The first kappa shape index (κ1) is 12.7. The third-order valence-corrected chi connectivity index (χ3v) is 3.87. The van der Waals surface area contributed by atoms with E-state index in [2.05, 4.69) is 32.0 Å². The predicted octanol–water partition coefficient (Wildman–Crippen LogP) is 2.97. The van der Waals surface area contributed by atoms with E-state index >= 15 is 0 Å². The van der Waals surface area contributed by atoms with Gasteiger partial charge in [0.1, 0.15) is 0 Å². The summed E-state index contributed by atoms with van der Waals surface area (Å²) in [6, 6.07) is 12.1. The van der Waals surface area contributed by atoms with Crippen molar-refractivity contribution in [3.8, 4) is 0 Å². The molecule has 0 radical (unpaired) electrons. The van der Waals surface area contributed by atoms with E-state index in [-0.39, 0.29) is 5.91 Å². The number of rotatable bonds is 2. The summed E-state index contributed by atoms with van der Waals surface area (Å²) in [7, 11) is 0. The first-order chi connectivity index (χ1) is 9.54. The summed E-state index contributed by atoms with van der Waals surface area (Å²) in [4.78, 5) is 14.1. The molecular formula is C17H18N2O. The second-order valence-electron chi connectivity index (χ2n) is 5.47. The van der Waals surface area contributed by atoms with E-state index in [9.17, 15) is 4.79 Å². The number of carbonyl (C=O) groups excluding carboxylic acids is 1. The van der Waals surface area contributed by atoms with Gasteiger partial charge in [0.2, 0.25) is 5.91 Å². The quantitative estimate of drug-likeness (QED) is 0.849. The van der Waals surface area contributed by atoms with Crippen LogP contribution in [0, 0.1) is 13.8 Å². The average Bonchev–Trinajstić information content (AvgIpc) is 2.69. The highest BCUT2D eigenvalue weighted by molar-refractivity contribution is 6.01. The molecule has 0 atom stereocenters.